The summed E-state index contributed by atoms with van der Waals surface area (Å²) in [6.07, 6.45) is 1.69. The molecule has 3 rings (SSSR count). The number of hydrogen-bond donors (Lipinski definition) is 3. The highest BCUT2D eigenvalue weighted by Gasteiger charge is 2.28. The zero-order chi connectivity index (χ0) is 24.2. The lowest BCUT2D eigenvalue weighted by Gasteiger charge is -2.12. The number of halogens is 1. The van der Waals surface area contributed by atoms with Crippen LogP contribution in [-0.4, -0.2) is 42.7 Å². The maximum Gasteiger partial charge on any atom is 0.223 e. The molecule has 0 bridgehead atoms. The van der Waals surface area contributed by atoms with E-state index in [1.54, 1.807) is 37.4 Å². The van der Waals surface area contributed by atoms with Gasteiger partial charge in [-0.15, -0.1) is 0 Å². The normalized spacial score (nSPS) is 13.5. The smallest absolute Gasteiger partial charge is 0.223 e. The molecule has 0 fully saturated rings. The molecule has 1 unspecified atom stereocenters. The minimum atomic E-state index is -1.39. The highest BCUT2D eigenvalue weighted by Crippen LogP contribution is 2.38. The molecule has 0 aliphatic heterocycles. The van der Waals surface area contributed by atoms with Gasteiger partial charge in [-0.2, -0.15) is 0 Å². The van der Waals surface area contributed by atoms with Crippen molar-refractivity contribution in [2.45, 2.75) is 52.6 Å². The van der Waals surface area contributed by atoms with Crippen LogP contribution in [0.3, 0.4) is 0 Å². The molecule has 33 heavy (non-hydrogen) atoms. The van der Waals surface area contributed by atoms with E-state index in [2.05, 4.69) is 25.0 Å². The Kier molecular flexibility index (Phi) is 7.80. The second kappa shape index (κ2) is 10.4. The molecule has 0 saturated heterocycles. The van der Waals surface area contributed by atoms with Crippen LogP contribution in [0, 0.1) is 5.82 Å². The summed E-state index contributed by atoms with van der Waals surface area (Å²) in [5, 5.41) is 12.5. The van der Waals surface area contributed by atoms with E-state index in [-0.39, 0.29) is 17.8 Å². The SMILES string of the molecule is CCCS(=O)Nc1cccc(-c2nc(C(C)(C)C)oc2-c2ccnc(NC[C@@H](C)O)n2)c1F. The summed E-state index contributed by atoms with van der Waals surface area (Å²) in [7, 11) is -1.39. The zero-order valence-electron chi connectivity index (χ0n) is 19.5. The number of aliphatic hydroxyl groups is 1. The molecule has 178 valence electrons. The van der Waals surface area contributed by atoms with Crippen molar-refractivity contribution >= 4 is 22.6 Å². The summed E-state index contributed by atoms with van der Waals surface area (Å²) in [5.41, 5.74) is 0.626. The number of anilines is 2. The maximum absolute atomic E-state index is 15.5. The second-order valence-electron chi connectivity index (χ2n) is 8.76. The largest absolute Gasteiger partial charge is 0.438 e. The molecule has 2 atom stereocenters. The van der Waals surface area contributed by atoms with Crippen molar-refractivity contribution in [3.05, 3.63) is 42.2 Å². The Morgan fingerprint density at radius 1 is 1.24 bits per heavy atom. The summed E-state index contributed by atoms with van der Waals surface area (Å²) in [4.78, 5) is 13.2. The van der Waals surface area contributed by atoms with Gasteiger partial charge in [-0.3, -0.25) is 0 Å². The van der Waals surface area contributed by atoms with Crippen molar-refractivity contribution in [3.63, 3.8) is 0 Å². The third-order valence-corrected chi connectivity index (χ3v) is 5.81. The van der Waals surface area contributed by atoms with Crippen LogP contribution >= 0.6 is 0 Å². The van der Waals surface area contributed by atoms with Gasteiger partial charge in [0.1, 0.15) is 22.4 Å². The molecule has 3 N–H and O–H groups in total. The van der Waals surface area contributed by atoms with Crippen LogP contribution in [0.5, 0.6) is 0 Å². The lowest BCUT2D eigenvalue weighted by Crippen LogP contribution is -2.16. The first-order valence-corrected chi connectivity index (χ1v) is 12.1. The predicted molar refractivity (Wildman–Crippen MR) is 129 cm³/mol. The van der Waals surface area contributed by atoms with E-state index in [0.29, 0.717) is 41.2 Å². The number of hydrogen-bond acceptors (Lipinski definition) is 7. The first-order chi connectivity index (χ1) is 15.6. The second-order valence-corrected chi connectivity index (χ2v) is 10.1. The van der Waals surface area contributed by atoms with E-state index in [4.69, 9.17) is 4.42 Å². The quantitative estimate of drug-likeness (QED) is 0.417. The fourth-order valence-electron chi connectivity index (χ4n) is 2.96. The molecule has 2 heterocycles. The molecular weight excluding hydrogens is 445 g/mol. The third-order valence-electron chi connectivity index (χ3n) is 4.58. The van der Waals surface area contributed by atoms with E-state index in [1.165, 1.54) is 0 Å². The molecule has 0 amide bonds. The Bertz CT molecular complexity index is 1130. The van der Waals surface area contributed by atoms with Crippen LogP contribution in [0.25, 0.3) is 22.7 Å². The van der Waals surface area contributed by atoms with Crippen LogP contribution in [0.1, 0.15) is 46.9 Å². The molecule has 1 aromatic carbocycles. The number of nitrogens with zero attached hydrogens (tertiary/aromatic N) is 3. The van der Waals surface area contributed by atoms with Crippen molar-refractivity contribution in [2.75, 3.05) is 22.3 Å². The molecule has 0 spiro atoms. The molecule has 0 aliphatic rings. The van der Waals surface area contributed by atoms with Gasteiger partial charge in [-0.1, -0.05) is 33.8 Å². The summed E-state index contributed by atoms with van der Waals surface area (Å²) in [5.74, 6) is 0.874. The number of oxazole rings is 1. The van der Waals surface area contributed by atoms with Gasteiger partial charge in [0, 0.05) is 29.5 Å². The van der Waals surface area contributed by atoms with E-state index in [9.17, 15) is 9.32 Å². The van der Waals surface area contributed by atoms with Crippen molar-refractivity contribution in [1.29, 1.82) is 0 Å². The number of aromatic nitrogens is 3. The van der Waals surface area contributed by atoms with E-state index < -0.39 is 28.3 Å². The van der Waals surface area contributed by atoms with Crippen LogP contribution < -0.4 is 10.0 Å². The minimum Gasteiger partial charge on any atom is -0.438 e. The molecule has 10 heteroatoms. The van der Waals surface area contributed by atoms with Gasteiger partial charge in [-0.25, -0.2) is 23.6 Å². The summed E-state index contributed by atoms with van der Waals surface area (Å²) in [6, 6.07) is 6.47. The summed E-state index contributed by atoms with van der Waals surface area (Å²) >= 11 is 0. The lowest BCUT2D eigenvalue weighted by molar-refractivity contribution is 0.208. The van der Waals surface area contributed by atoms with E-state index >= 15 is 4.39 Å². The predicted octanol–water partition coefficient (Wildman–Crippen LogP) is 4.51. The van der Waals surface area contributed by atoms with E-state index in [1.807, 2.05) is 27.7 Å². The van der Waals surface area contributed by atoms with Gasteiger partial charge in [0.2, 0.25) is 11.8 Å². The first kappa shape index (κ1) is 24.8. The molecule has 0 radical (unpaired) electrons. The van der Waals surface area contributed by atoms with Gasteiger partial charge in [-0.05, 0) is 31.5 Å². The van der Waals surface area contributed by atoms with Gasteiger partial charge in [0.05, 0.1) is 11.8 Å². The lowest BCUT2D eigenvalue weighted by atomic mass is 9.97. The highest BCUT2D eigenvalue weighted by molar-refractivity contribution is 7.86. The van der Waals surface area contributed by atoms with Gasteiger partial charge in [0.15, 0.2) is 11.6 Å². The number of benzene rings is 1. The fraction of sp³-hybridized carbons (Fsp3) is 0.435. The van der Waals surface area contributed by atoms with Crippen LogP contribution in [0.15, 0.2) is 34.9 Å². The Balaban J connectivity index is 2.10. The minimum absolute atomic E-state index is 0.132. The topological polar surface area (TPSA) is 113 Å². The van der Waals surface area contributed by atoms with Gasteiger partial charge >= 0.3 is 0 Å². The first-order valence-electron chi connectivity index (χ1n) is 10.8. The van der Waals surface area contributed by atoms with Crippen LogP contribution in [0.4, 0.5) is 16.0 Å². The Morgan fingerprint density at radius 3 is 2.67 bits per heavy atom. The Hall–Kier alpha value is -2.85. The monoisotopic (exact) mass is 475 g/mol. The Morgan fingerprint density at radius 2 is 2.00 bits per heavy atom. The molecule has 2 aromatic heterocycles. The average molecular weight is 476 g/mol. The van der Waals surface area contributed by atoms with Crippen molar-refractivity contribution in [3.8, 4) is 22.7 Å². The van der Waals surface area contributed by atoms with Crippen molar-refractivity contribution in [2.24, 2.45) is 0 Å². The maximum atomic E-state index is 15.5. The standard InChI is InChI=1S/C23H30FN5O3S/c1-6-12-33(31)29-16-9-7-8-15(18(16)24)19-20(32-21(28-19)23(3,4)5)17-10-11-25-22(27-17)26-13-14(2)30/h7-11,14,29-30H,6,12-13H2,1-5H3,(H,25,26,27)/t14-,33?/m1/s1. The summed E-state index contributed by atoms with van der Waals surface area (Å²) < 4.78 is 36.5. The molecule has 3 aromatic rings. The van der Waals surface area contributed by atoms with Crippen LogP contribution in [-0.2, 0) is 16.4 Å². The molecular formula is C23H30FN5O3S. The third kappa shape index (κ3) is 6.14. The van der Waals surface area contributed by atoms with Gasteiger partial charge in [0.25, 0.3) is 0 Å². The average Bonchev–Trinajstić information content (AvgIpc) is 3.20. The van der Waals surface area contributed by atoms with E-state index in [0.717, 1.165) is 0 Å². The summed E-state index contributed by atoms with van der Waals surface area (Å²) in [6.45, 7) is 9.68. The van der Waals surface area contributed by atoms with Crippen molar-refractivity contribution < 1.29 is 18.1 Å². The molecule has 0 aliphatic carbocycles. The molecule has 8 nitrogen and oxygen atoms in total. The zero-order valence-corrected chi connectivity index (χ0v) is 20.3. The number of nitrogens with one attached hydrogen (secondary N) is 2. The molecule has 0 saturated carbocycles. The number of aliphatic hydroxyl groups excluding tert-OH is 1. The van der Waals surface area contributed by atoms with Crippen LogP contribution in [0.2, 0.25) is 0 Å². The fourth-order valence-corrected chi connectivity index (χ4v) is 3.83. The number of rotatable bonds is 9. The van der Waals surface area contributed by atoms with Gasteiger partial charge < -0.3 is 19.6 Å². The van der Waals surface area contributed by atoms with Crippen molar-refractivity contribution in [1.82, 2.24) is 15.0 Å². The Labute approximate surface area is 195 Å². The highest BCUT2D eigenvalue weighted by atomic mass is 32.2.